The third-order valence-electron chi connectivity index (χ3n) is 4.02. The molecule has 0 spiro atoms. The largest absolute Gasteiger partial charge is 0.417 e. The fourth-order valence-corrected chi connectivity index (χ4v) is 4.02. The van der Waals surface area contributed by atoms with Crippen LogP contribution in [-0.2, 0) is 16.2 Å². The topological polar surface area (TPSA) is 62.3 Å². The van der Waals surface area contributed by atoms with Crippen molar-refractivity contribution in [3.63, 3.8) is 0 Å². The predicted octanol–water partition coefficient (Wildman–Crippen LogP) is 2.80. The minimum atomic E-state index is -4.46. The minimum absolute atomic E-state index is 0.177. The minimum Gasteiger partial charge on any atom is -0.355 e. The zero-order chi connectivity index (χ0) is 18.9. The van der Waals surface area contributed by atoms with Crippen molar-refractivity contribution in [3.05, 3.63) is 54.0 Å². The highest BCUT2D eigenvalue weighted by Gasteiger charge is 2.32. The number of anilines is 1. The third kappa shape index (κ3) is 4.13. The van der Waals surface area contributed by atoms with Gasteiger partial charge in [-0.1, -0.05) is 6.07 Å². The second-order valence-corrected chi connectivity index (χ2v) is 7.63. The summed E-state index contributed by atoms with van der Waals surface area (Å²) in [5, 5.41) is 0. The molecule has 1 aliphatic rings. The van der Waals surface area contributed by atoms with E-state index in [4.69, 9.17) is 0 Å². The summed E-state index contributed by atoms with van der Waals surface area (Å²) in [5.74, 6) is -0.319. The van der Waals surface area contributed by atoms with Crippen molar-refractivity contribution < 1.29 is 26.0 Å². The van der Waals surface area contributed by atoms with Crippen molar-refractivity contribution in [2.75, 3.05) is 18.0 Å². The third-order valence-corrected chi connectivity index (χ3v) is 5.53. The maximum absolute atomic E-state index is 13.2. The summed E-state index contributed by atoms with van der Waals surface area (Å²) in [6, 6.07) is 6.40. The Morgan fingerprint density at radius 3 is 2.58 bits per heavy atom. The molecule has 1 aromatic heterocycles. The Labute approximate surface area is 147 Å². The van der Waals surface area contributed by atoms with Crippen LogP contribution >= 0.6 is 0 Å². The van der Waals surface area contributed by atoms with E-state index in [0.717, 1.165) is 24.4 Å². The molecule has 0 radical (unpaired) electrons. The zero-order valence-electron chi connectivity index (χ0n) is 13.4. The molecule has 2 aromatic rings. The van der Waals surface area contributed by atoms with Crippen molar-refractivity contribution in [2.24, 2.45) is 0 Å². The summed E-state index contributed by atoms with van der Waals surface area (Å²) in [7, 11) is -3.88. The second-order valence-electron chi connectivity index (χ2n) is 5.91. The van der Waals surface area contributed by atoms with E-state index in [2.05, 4.69) is 9.71 Å². The molecule has 5 nitrogen and oxygen atoms in total. The van der Waals surface area contributed by atoms with E-state index < -0.39 is 33.6 Å². The lowest BCUT2D eigenvalue weighted by molar-refractivity contribution is -0.137. The number of pyridine rings is 1. The molecule has 140 valence electrons. The highest BCUT2D eigenvalue weighted by molar-refractivity contribution is 7.89. The monoisotopic (exact) mass is 389 g/mol. The van der Waals surface area contributed by atoms with Crippen LogP contribution in [0.3, 0.4) is 0 Å². The van der Waals surface area contributed by atoms with Gasteiger partial charge in [-0.2, -0.15) is 13.2 Å². The average Bonchev–Trinajstić information content (AvgIpc) is 3.02. The number of benzene rings is 1. The van der Waals surface area contributed by atoms with E-state index in [9.17, 15) is 26.0 Å². The normalized spacial score (nSPS) is 18.3. The Morgan fingerprint density at radius 1 is 1.19 bits per heavy atom. The van der Waals surface area contributed by atoms with Crippen LogP contribution in [0, 0.1) is 5.82 Å². The maximum atomic E-state index is 13.2. The van der Waals surface area contributed by atoms with Gasteiger partial charge < -0.3 is 4.90 Å². The number of nitrogens with zero attached hydrogens (tertiary/aromatic N) is 2. The molecule has 0 amide bonds. The molecule has 1 unspecified atom stereocenters. The van der Waals surface area contributed by atoms with Crippen LogP contribution in [0.5, 0.6) is 0 Å². The predicted molar refractivity (Wildman–Crippen MR) is 86.6 cm³/mol. The Hall–Kier alpha value is -2.20. The summed E-state index contributed by atoms with van der Waals surface area (Å²) in [6.45, 7) is 0.696. The van der Waals surface area contributed by atoms with E-state index in [1.54, 1.807) is 4.90 Å². The van der Waals surface area contributed by atoms with Crippen molar-refractivity contribution in [2.45, 2.75) is 23.5 Å². The quantitative estimate of drug-likeness (QED) is 0.817. The number of hydrogen-bond donors (Lipinski definition) is 1. The summed E-state index contributed by atoms with van der Waals surface area (Å²) in [4.78, 5) is 5.32. The molecular formula is C16H15F4N3O2S. The molecule has 1 atom stereocenters. The van der Waals surface area contributed by atoms with Crippen LogP contribution in [0.1, 0.15) is 12.0 Å². The smallest absolute Gasteiger partial charge is 0.355 e. The van der Waals surface area contributed by atoms with Crippen molar-refractivity contribution in [1.82, 2.24) is 9.71 Å². The highest BCUT2D eigenvalue weighted by atomic mass is 32.2. The van der Waals surface area contributed by atoms with Crippen LogP contribution in [0.15, 0.2) is 47.5 Å². The lowest BCUT2D eigenvalue weighted by Crippen LogP contribution is -2.37. The van der Waals surface area contributed by atoms with E-state index in [1.807, 2.05) is 0 Å². The van der Waals surface area contributed by atoms with Crippen LogP contribution < -0.4 is 9.62 Å². The summed E-state index contributed by atoms with van der Waals surface area (Å²) < 4.78 is 78.0. The van der Waals surface area contributed by atoms with E-state index in [0.29, 0.717) is 18.8 Å². The summed E-state index contributed by atoms with van der Waals surface area (Å²) >= 11 is 0. The molecular weight excluding hydrogens is 374 g/mol. The van der Waals surface area contributed by atoms with Crippen LogP contribution in [-0.4, -0.2) is 32.5 Å². The first-order valence-electron chi connectivity index (χ1n) is 7.71. The van der Waals surface area contributed by atoms with Gasteiger partial charge in [-0.05, 0) is 36.8 Å². The van der Waals surface area contributed by atoms with Crippen molar-refractivity contribution >= 4 is 15.8 Å². The number of halogens is 4. The number of sulfonamides is 1. The Kier molecular flexibility index (Phi) is 4.89. The van der Waals surface area contributed by atoms with Gasteiger partial charge in [-0.25, -0.2) is 22.5 Å². The van der Waals surface area contributed by atoms with Crippen molar-refractivity contribution in [3.8, 4) is 0 Å². The fraction of sp³-hybridized carbons (Fsp3) is 0.312. The van der Waals surface area contributed by atoms with Gasteiger partial charge in [-0.15, -0.1) is 0 Å². The Morgan fingerprint density at radius 2 is 1.96 bits per heavy atom. The number of hydrogen-bond acceptors (Lipinski definition) is 4. The van der Waals surface area contributed by atoms with Gasteiger partial charge in [0.15, 0.2) is 0 Å². The standard InChI is InChI=1S/C16H15F4N3O2S/c17-12-2-1-3-14(8-12)26(24,25)22-13-6-7-23(10-13)15-5-4-11(9-21-15)16(18,19)20/h1-5,8-9,13,22H,6-7,10H2. The second kappa shape index (κ2) is 6.84. The molecule has 0 saturated carbocycles. The van der Waals surface area contributed by atoms with Gasteiger partial charge in [0.25, 0.3) is 0 Å². The molecule has 3 rings (SSSR count). The first-order chi connectivity index (χ1) is 12.1. The highest BCUT2D eigenvalue weighted by Crippen LogP contribution is 2.30. The summed E-state index contributed by atoms with van der Waals surface area (Å²) in [5.41, 5.74) is -0.844. The van der Waals surface area contributed by atoms with Gasteiger partial charge in [0, 0.05) is 25.3 Å². The van der Waals surface area contributed by atoms with Crippen LogP contribution in [0.2, 0.25) is 0 Å². The van der Waals surface area contributed by atoms with Gasteiger partial charge in [-0.3, -0.25) is 0 Å². The van der Waals surface area contributed by atoms with Crippen molar-refractivity contribution in [1.29, 1.82) is 0 Å². The molecule has 1 saturated heterocycles. The van der Waals surface area contributed by atoms with Gasteiger partial charge in [0.1, 0.15) is 11.6 Å². The number of nitrogens with one attached hydrogen (secondary N) is 1. The SMILES string of the molecule is O=S(=O)(NC1CCN(c2ccc(C(F)(F)F)cn2)C1)c1cccc(F)c1. The van der Waals surface area contributed by atoms with Crippen LogP contribution in [0.25, 0.3) is 0 Å². The summed E-state index contributed by atoms with van der Waals surface area (Å²) in [6.07, 6.45) is -3.25. The maximum Gasteiger partial charge on any atom is 0.417 e. The number of rotatable bonds is 4. The molecule has 1 N–H and O–H groups in total. The first kappa shape index (κ1) is 18.6. The van der Waals surface area contributed by atoms with E-state index in [-0.39, 0.29) is 11.4 Å². The number of aromatic nitrogens is 1. The molecule has 1 aliphatic heterocycles. The Balaban J connectivity index is 1.67. The Bertz CT molecular complexity index is 885. The van der Waals surface area contributed by atoms with Gasteiger partial charge in [0.2, 0.25) is 10.0 Å². The lowest BCUT2D eigenvalue weighted by atomic mass is 10.3. The van der Waals surface area contributed by atoms with Gasteiger partial charge >= 0.3 is 6.18 Å². The molecule has 1 aromatic carbocycles. The number of alkyl halides is 3. The molecule has 26 heavy (non-hydrogen) atoms. The fourth-order valence-electron chi connectivity index (χ4n) is 2.73. The van der Waals surface area contributed by atoms with E-state index >= 15 is 0 Å². The molecule has 2 heterocycles. The molecule has 0 bridgehead atoms. The van der Waals surface area contributed by atoms with E-state index in [1.165, 1.54) is 18.2 Å². The molecule has 1 fully saturated rings. The van der Waals surface area contributed by atoms with Crippen LogP contribution in [0.4, 0.5) is 23.4 Å². The van der Waals surface area contributed by atoms with Gasteiger partial charge in [0.05, 0.1) is 10.5 Å². The molecule has 0 aliphatic carbocycles. The zero-order valence-corrected chi connectivity index (χ0v) is 14.2. The first-order valence-corrected chi connectivity index (χ1v) is 9.19. The molecule has 10 heteroatoms. The average molecular weight is 389 g/mol. The lowest BCUT2D eigenvalue weighted by Gasteiger charge is -2.18.